The third-order valence-corrected chi connectivity index (χ3v) is 3.23. The van der Waals surface area contributed by atoms with Crippen LogP contribution in [-0.4, -0.2) is 21.0 Å². The molecule has 14 heavy (non-hydrogen) atoms. The van der Waals surface area contributed by atoms with Gasteiger partial charge in [-0.1, -0.05) is 0 Å². The van der Waals surface area contributed by atoms with Gasteiger partial charge in [-0.05, 0) is 6.92 Å². The zero-order chi connectivity index (χ0) is 10.1. The van der Waals surface area contributed by atoms with Gasteiger partial charge in [0.15, 0.2) is 5.69 Å². The second-order valence-corrected chi connectivity index (χ2v) is 4.52. The molecule has 0 atom stereocenters. The van der Waals surface area contributed by atoms with Crippen molar-refractivity contribution in [3.63, 3.8) is 0 Å². The van der Waals surface area contributed by atoms with Crippen LogP contribution in [0, 0.1) is 6.92 Å². The smallest absolute Gasteiger partial charge is 0.355 e. The van der Waals surface area contributed by atoms with Gasteiger partial charge in [-0.25, -0.2) is 14.8 Å². The lowest BCUT2D eigenvalue weighted by Crippen LogP contribution is -1.98. The second-order valence-electron chi connectivity index (χ2n) is 2.60. The van der Waals surface area contributed by atoms with Crippen molar-refractivity contribution >= 4 is 28.6 Å². The number of aromatic nitrogens is 2. The maximum absolute atomic E-state index is 10.7. The van der Waals surface area contributed by atoms with Crippen LogP contribution in [-0.2, 0) is 0 Å². The number of hydrogen-bond donors (Lipinski definition) is 1. The number of aryl methyl sites for hydroxylation is 1. The minimum absolute atomic E-state index is 0.123. The molecule has 72 valence electrons. The summed E-state index contributed by atoms with van der Waals surface area (Å²) in [6.45, 7) is 1.75. The van der Waals surface area contributed by atoms with Crippen molar-refractivity contribution in [2.24, 2.45) is 0 Å². The fourth-order valence-corrected chi connectivity index (χ4v) is 2.51. The molecule has 0 aliphatic carbocycles. The predicted octanol–water partition coefficient (Wildman–Crippen LogP) is 2.27. The van der Waals surface area contributed by atoms with E-state index in [2.05, 4.69) is 9.97 Å². The van der Waals surface area contributed by atoms with Gasteiger partial charge in [0.2, 0.25) is 0 Å². The third kappa shape index (κ3) is 1.53. The first-order chi connectivity index (χ1) is 6.68. The average Bonchev–Trinajstić information content (AvgIpc) is 2.70. The number of carbonyl (C=O) groups is 1. The van der Waals surface area contributed by atoms with Gasteiger partial charge in [-0.2, -0.15) is 0 Å². The summed E-state index contributed by atoms with van der Waals surface area (Å²) in [6, 6.07) is 0. The van der Waals surface area contributed by atoms with Crippen LogP contribution in [0.3, 0.4) is 0 Å². The Balaban J connectivity index is 2.48. The molecule has 2 rings (SSSR count). The Hall–Kier alpha value is -1.27. The van der Waals surface area contributed by atoms with E-state index in [0.29, 0.717) is 9.88 Å². The summed E-state index contributed by atoms with van der Waals surface area (Å²) in [4.78, 5) is 19.5. The molecule has 0 radical (unpaired) electrons. The Morgan fingerprint density at radius 2 is 2.36 bits per heavy atom. The highest BCUT2D eigenvalue weighted by Crippen LogP contribution is 2.27. The lowest BCUT2D eigenvalue weighted by atomic mass is 10.4. The average molecular weight is 226 g/mol. The van der Waals surface area contributed by atoms with Crippen molar-refractivity contribution in [1.29, 1.82) is 0 Å². The van der Waals surface area contributed by atoms with Crippen LogP contribution in [0.15, 0.2) is 10.9 Å². The Bertz CT molecular complexity index is 462. The standard InChI is InChI=1S/C8H6N2O2S2/c1-4-6(8(11)12)10-7(14-4)5-2-13-3-9-5/h2-3H,1H3,(H,11,12). The van der Waals surface area contributed by atoms with Crippen molar-refractivity contribution in [2.45, 2.75) is 6.92 Å². The van der Waals surface area contributed by atoms with E-state index < -0.39 is 5.97 Å². The molecule has 6 heteroatoms. The lowest BCUT2D eigenvalue weighted by Gasteiger charge is -1.85. The van der Waals surface area contributed by atoms with Gasteiger partial charge in [0.1, 0.15) is 10.7 Å². The van der Waals surface area contributed by atoms with E-state index in [9.17, 15) is 4.79 Å². The van der Waals surface area contributed by atoms with Gasteiger partial charge in [0.25, 0.3) is 0 Å². The van der Waals surface area contributed by atoms with Crippen molar-refractivity contribution in [1.82, 2.24) is 9.97 Å². The highest BCUT2D eigenvalue weighted by molar-refractivity contribution is 7.15. The second kappa shape index (κ2) is 3.47. The maximum Gasteiger partial charge on any atom is 0.355 e. The third-order valence-electron chi connectivity index (χ3n) is 1.65. The molecule has 2 aromatic heterocycles. The van der Waals surface area contributed by atoms with E-state index >= 15 is 0 Å². The normalized spacial score (nSPS) is 10.4. The van der Waals surface area contributed by atoms with Gasteiger partial charge < -0.3 is 5.11 Å². The Labute approximate surface area is 87.9 Å². The first-order valence-electron chi connectivity index (χ1n) is 3.78. The maximum atomic E-state index is 10.7. The van der Waals surface area contributed by atoms with Gasteiger partial charge in [-0.3, -0.25) is 0 Å². The number of hydrogen-bond acceptors (Lipinski definition) is 5. The number of carboxylic acid groups (broad SMARTS) is 1. The van der Waals surface area contributed by atoms with Gasteiger partial charge >= 0.3 is 5.97 Å². The van der Waals surface area contributed by atoms with E-state index in [1.807, 2.05) is 5.38 Å². The van der Waals surface area contributed by atoms with Crippen molar-refractivity contribution in [3.05, 3.63) is 21.5 Å². The molecule has 0 aliphatic rings. The van der Waals surface area contributed by atoms with Gasteiger partial charge in [0.05, 0.1) is 5.51 Å². The molecule has 0 amide bonds. The number of aromatic carboxylic acids is 1. The highest BCUT2D eigenvalue weighted by atomic mass is 32.1. The number of carboxylic acids is 1. The summed E-state index contributed by atoms with van der Waals surface area (Å²) >= 11 is 2.82. The van der Waals surface area contributed by atoms with Crippen LogP contribution in [0.2, 0.25) is 0 Å². The van der Waals surface area contributed by atoms with E-state index in [1.54, 1.807) is 12.4 Å². The molecule has 1 N–H and O–H groups in total. The van der Waals surface area contributed by atoms with Crippen molar-refractivity contribution in [2.75, 3.05) is 0 Å². The van der Waals surface area contributed by atoms with Crippen LogP contribution in [0.5, 0.6) is 0 Å². The van der Waals surface area contributed by atoms with E-state index in [-0.39, 0.29) is 5.69 Å². The van der Waals surface area contributed by atoms with Gasteiger partial charge in [-0.15, -0.1) is 22.7 Å². The molecule has 2 aromatic rings. The van der Waals surface area contributed by atoms with Crippen LogP contribution < -0.4 is 0 Å². The number of nitrogens with zero attached hydrogens (tertiary/aromatic N) is 2. The lowest BCUT2D eigenvalue weighted by molar-refractivity contribution is 0.0690. The van der Waals surface area contributed by atoms with Gasteiger partial charge in [0, 0.05) is 10.3 Å². The summed E-state index contributed by atoms with van der Waals surface area (Å²) < 4.78 is 0. The van der Waals surface area contributed by atoms with Crippen LogP contribution in [0.1, 0.15) is 15.4 Å². The molecule has 2 heterocycles. The first kappa shape index (κ1) is 9.29. The zero-order valence-corrected chi connectivity index (χ0v) is 8.85. The summed E-state index contributed by atoms with van der Waals surface area (Å²) in [5.74, 6) is -0.986. The molecule has 0 saturated carbocycles. The molecule has 4 nitrogen and oxygen atoms in total. The Morgan fingerprint density at radius 1 is 1.57 bits per heavy atom. The number of thiazole rings is 2. The molecular formula is C8H6N2O2S2. The Kier molecular flexibility index (Phi) is 2.30. The van der Waals surface area contributed by atoms with Crippen LogP contribution in [0.4, 0.5) is 0 Å². The molecule has 0 unspecified atom stereocenters. The minimum atomic E-state index is -0.986. The fourth-order valence-electron chi connectivity index (χ4n) is 1.02. The topological polar surface area (TPSA) is 63.1 Å². The number of rotatable bonds is 2. The molecule has 0 aromatic carbocycles. The summed E-state index contributed by atoms with van der Waals surface area (Å²) in [6.07, 6.45) is 0. The highest BCUT2D eigenvalue weighted by Gasteiger charge is 2.15. The molecule has 0 bridgehead atoms. The molecule has 0 aliphatic heterocycles. The summed E-state index contributed by atoms with van der Waals surface area (Å²) in [7, 11) is 0. The molecule has 0 saturated heterocycles. The summed E-state index contributed by atoms with van der Waals surface area (Å²) in [5.41, 5.74) is 2.57. The van der Waals surface area contributed by atoms with E-state index in [1.165, 1.54) is 22.7 Å². The largest absolute Gasteiger partial charge is 0.476 e. The van der Waals surface area contributed by atoms with Crippen LogP contribution in [0.25, 0.3) is 10.7 Å². The van der Waals surface area contributed by atoms with E-state index in [0.717, 1.165) is 5.69 Å². The fraction of sp³-hybridized carbons (Fsp3) is 0.125. The molecule has 0 spiro atoms. The molecular weight excluding hydrogens is 220 g/mol. The quantitative estimate of drug-likeness (QED) is 0.853. The minimum Gasteiger partial charge on any atom is -0.476 e. The summed E-state index contributed by atoms with van der Waals surface area (Å²) in [5, 5.41) is 11.3. The zero-order valence-electron chi connectivity index (χ0n) is 7.22. The first-order valence-corrected chi connectivity index (χ1v) is 5.53. The van der Waals surface area contributed by atoms with Crippen molar-refractivity contribution in [3.8, 4) is 10.7 Å². The predicted molar refractivity (Wildman–Crippen MR) is 54.9 cm³/mol. The monoisotopic (exact) mass is 226 g/mol. The van der Waals surface area contributed by atoms with E-state index in [4.69, 9.17) is 5.11 Å². The van der Waals surface area contributed by atoms with Crippen LogP contribution >= 0.6 is 22.7 Å². The molecule has 0 fully saturated rings. The SMILES string of the molecule is Cc1sc(-c2cscn2)nc1C(=O)O. The van der Waals surface area contributed by atoms with Crippen molar-refractivity contribution < 1.29 is 9.90 Å². The Morgan fingerprint density at radius 3 is 2.86 bits per heavy atom.